The van der Waals surface area contributed by atoms with E-state index in [2.05, 4.69) is 43.6 Å². The van der Waals surface area contributed by atoms with Gasteiger partial charge in [-0.1, -0.05) is 72.8 Å². The number of anilines is 2. The summed E-state index contributed by atoms with van der Waals surface area (Å²) in [7, 11) is 0. The summed E-state index contributed by atoms with van der Waals surface area (Å²) in [6.07, 6.45) is 0. The highest BCUT2D eigenvalue weighted by Gasteiger charge is 2.21. The molecule has 0 aliphatic rings. The lowest BCUT2D eigenvalue weighted by Gasteiger charge is -2.31. The Hall–Kier alpha value is -3.07. The molecule has 0 atom stereocenters. The zero-order chi connectivity index (χ0) is 21.8. The maximum Gasteiger partial charge on any atom is 0.195 e. The smallest absolute Gasteiger partial charge is 0.195 e. The number of rotatable bonds is 8. The molecular formula is C27H34N2O. The molecule has 0 saturated heterocycles. The molecule has 30 heavy (non-hydrogen) atoms. The van der Waals surface area contributed by atoms with Crippen molar-refractivity contribution >= 4 is 17.2 Å². The molecular weight excluding hydrogens is 368 g/mol. The molecule has 0 aliphatic carbocycles. The van der Waals surface area contributed by atoms with Gasteiger partial charge in [-0.05, 0) is 39.8 Å². The predicted octanol–water partition coefficient (Wildman–Crippen LogP) is 6.30. The molecule has 158 valence electrons. The minimum atomic E-state index is 0.0894. The number of carbonyl (C=O) groups excluding carboxylic acids is 1. The summed E-state index contributed by atoms with van der Waals surface area (Å²) in [4.78, 5) is 17.7. The van der Waals surface area contributed by atoms with Crippen LogP contribution in [0.4, 0.5) is 11.4 Å². The molecule has 0 radical (unpaired) electrons. The highest BCUT2D eigenvalue weighted by Crippen LogP contribution is 2.34. The number of ketones is 1. The normalized spacial score (nSPS) is 10.0. The average molecular weight is 403 g/mol. The van der Waals surface area contributed by atoms with Crippen molar-refractivity contribution in [2.75, 3.05) is 36.0 Å². The number of nitrogens with zero attached hydrogens (tertiary/aromatic N) is 2. The molecule has 0 fully saturated rings. The average Bonchev–Trinajstić information content (AvgIpc) is 2.83. The lowest BCUT2D eigenvalue weighted by Crippen LogP contribution is -2.30. The fourth-order valence-electron chi connectivity index (χ4n) is 3.54. The number of hydrogen-bond donors (Lipinski definition) is 0. The van der Waals surface area contributed by atoms with Crippen molar-refractivity contribution < 1.29 is 4.79 Å². The van der Waals surface area contributed by atoms with Crippen molar-refractivity contribution in [1.29, 1.82) is 0 Å². The second kappa shape index (κ2) is 12.5. The molecule has 3 nitrogen and oxygen atoms in total. The molecule has 0 saturated carbocycles. The molecule has 0 unspecified atom stereocenters. The Kier molecular flexibility index (Phi) is 9.66. The molecule has 0 bridgehead atoms. The van der Waals surface area contributed by atoms with Gasteiger partial charge in [0.25, 0.3) is 0 Å². The summed E-state index contributed by atoms with van der Waals surface area (Å²) in [5.74, 6) is 0.0894. The van der Waals surface area contributed by atoms with Gasteiger partial charge in [-0.25, -0.2) is 0 Å². The van der Waals surface area contributed by atoms with Gasteiger partial charge in [0.15, 0.2) is 5.78 Å². The van der Waals surface area contributed by atoms with Crippen LogP contribution < -0.4 is 9.80 Å². The quantitative estimate of drug-likeness (QED) is 0.413. The second-order valence-electron chi connectivity index (χ2n) is 6.87. The van der Waals surface area contributed by atoms with Crippen LogP contribution in [0.15, 0.2) is 84.9 Å². The van der Waals surface area contributed by atoms with E-state index >= 15 is 0 Å². The van der Waals surface area contributed by atoms with Crippen LogP contribution in [0.5, 0.6) is 0 Å². The lowest BCUT2D eigenvalue weighted by atomic mass is 9.99. The van der Waals surface area contributed by atoms with Crippen LogP contribution in [0.1, 0.15) is 43.6 Å². The monoisotopic (exact) mass is 402 g/mol. The van der Waals surface area contributed by atoms with Crippen LogP contribution in [0.2, 0.25) is 0 Å². The van der Waals surface area contributed by atoms with Crippen LogP contribution >= 0.6 is 0 Å². The van der Waals surface area contributed by atoms with E-state index in [9.17, 15) is 4.79 Å². The predicted molar refractivity (Wildman–Crippen MR) is 130 cm³/mol. The maximum absolute atomic E-state index is 13.1. The molecule has 3 aromatic rings. The van der Waals surface area contributed by atoms with Gasteiger partial charge in [0.1, 0.15) is 0 Å². The Labute approximate surface area is 182 Å². The number of benzene rings is 3. The van der Waals surface area contributed by atoms with Crippen LogP contribution in [-0.2, 0) is 0 Å². The Morgan fingerprint density at radius 2 is 1.07 bits per heavy atom. The van der Waals surface area contributed by atoms with Crippen LogP contribution in [-0.4, -0.2) is 32.0 Å². The van der Waals surface area contributed by atoms with Crippen molar-refractivity contribution in [2.45, 2.75) is 27.7 Å². The SMILES string of the molecule is CCN(CC)c1cccc(C(=O)c2ccccc2)c1N(CC)CC.c1ccccc1. The molecule has 0 N–H and O–H groups in total. The summed E-state index contributed by atoms with van der Waals surface area (Å²) >= 11 is 0. The molecule has 0 aliphatic heterocycles. The molecule has 0 spiro atoms. The van der Waals surface area contributed by atoms with E-state index in [1.807, 2.05) is 78.9 Å². The van der Waals surface area contributed by atoms with Gasteiger partial charge in [-0.15, -0.1) is 0 Å². The standard InChI is InChI=1S/C21H28N2O.C6H6/c1-5-22(6-2)19-16-12-15-18(20(19)23(7-3)8-4)21(24)17-13-10-9-11-14-17;1-2-4-6-5-3-1/h9-16H,5-8H2,1-4H3;1-6H. The van der Waals surface area contributed by atoms with Gasteiger partial charge in [-0.2, -0.15) is 0 Å². The Morgan fingerprint density at radius 1 is 0.600 bits per heavy atom. The van der Waals surface area contributed by atoms with Crippen molar-refractivity contribution in [1.82, 2.24) is 0 Å². The fourth-order valence-corrected chi connectivity index (χ4v) is 3.54. The van der Waals surface area contributed by atoms with Crippen molar-refractivity contribution in [3.05, 3.63) is 96.1 Å². The van der Waals surface area contributed by atoms with Gasteiger partial charge in [0.2, 0.25) is 0 Å². The first-order chi connectivity index (χ1) is 14.7. The van der Waals surface area contributed by atoms with Crippen LogP contribution in [0, 0.1) is 0 Å². The number of hydrogen-bond acceptors (Lipinski definition) is 3. The highest BCUT2D eigenvalue weighted by molar-refractivity contribution is 6.14. The summed E-state index contributed by atoms with van der Waals surface area (Å²) < 4.78 is 0. The van der Waals surface area contributed by atoms with E-state index in [4.69, 9.17) is 0 Å². The lowest BCUT2D eigenvalue weighted by molar-refractivity contribution is 0.103. The molecule has 0 aromatic heterocycles. The van der Waals surface area contributed by atoms with Crippen molar-refractivity contribution in [2.24, 2.45) is 0 Å². The third-order valence-electron chi connectivity index (χ3n) is 5.15. The largest absolute Gasteiger partial charge is 0.370 e. The summed E-state index contributed by atoms with van der Waals surface area (Å²) in [6, 6.07) is 27.6. The van der Waals surface area contributed by atoms with E-state index in [-0.39, 0.29) is 5.78 Å². The first kappa shape index (κ1) is 23.2. The highest BCUT2D eigenvalue weighted by atomic mass is 16.1. The minimum Gasteiger partial charge on any atom is -0.370 e. The maximum atomic E-state index is 13.1. The van der Waals surface area contributed by atoms with Gasteiger partial charge >= 0.3 is 0 Å². The van der Waals surface area contributed by atoms with Gasteiger partial charge in [0.05, 0.1) is 11.4 Å². The molecule has 0 heterocycles. The zero-order valence-corrected chi connectivity index (χ0v) is 18.7. The molecule has 3 heteroatoms. The number of para-hydroxylation sites is 1. The summed E-state index contributed by atoms with van der Waals surface area (Å²) in [6.45, 7) is 12.2. The van der Waals surface area contributed by atoms with Gasteiger partial charge < -0.3 is 9.80 Å². The van der Waals surface area contributed by atoms with E-state index < -0.39 is 0 Å². The summed E-state index contributed by atoms with van der Waals surface area (Å²) in [5, 5.41) is 0. The Morgan fingerprint density at radius 3 is 1.53 bits per heavy atom. The summed E-state index contributed by atoms with van der Waals surface area (Å²) in [5.41, 5.74) is 3.72. The molecule has 0 amide bonds. The van der Waals surface area contributed by atoms with Crippen LogP contribution in [0.3, 0.4) is 0 Å². The number of carbonyl (C=O) groups is 1. The third kappa shape index (κ3) is 5.96. The third-order valence-corrected chi connectivity index (χ3v) is 5.15. The van der Waals surface area contributed by atoms with Crippen molar-refractivity contribution in [3.8, 4) is 0 Å². The van der Waals surface area contributed by atoms with E-state index in [0.29, 0.717) is 0 Å². The minimum absolute atomic E-state index is 0.0894. The first-order valence-corrected chi connectivity index (χ1v) is 10.9. The van der Waals surface area contributed by atoms with Crippen molar-refractivity contribution in [3.63, 3.8) is 0 Å². The van der Waals surface area contributed by atoms with Gasteiger partial charge in [-0.3, -0.25) is 4.79 Å². The molecule has 3 rings (SSSR count). The van der Waals surface area contributed by atoms with E-state index in [0.717, 1.165) is 48.7 Å². The first-order valence-electron chi connectivity index (χ1n) is 10.9. The molecule has 3 aromatic carbocycles. The van der Waals surface area contributed by atoms with Gasteiger partial charge in [0, 0.05) is 37.3 Å². The van der Waals surface area contributed by atoms with E-state index in [1.165, 1.54) is 0 Å². The van der Waals surface area contributed by atoms with E-state index in [1.54, 1.807) is 0 Å². The Balaban J connectivity index is 0.000000456. The second-order valence-corrected chi connectivity index (χ2v) is 6.87. The fraction of sp³-hybridized carbons (Fsp3) is 0.296. The Bertz CT molecular complexity index is 843. The topological polar surface area (TPSA) is 23.6 Å². The van der Waals surface area contributed by atoms with Crippen LogP contribution in [0.25, 0.3) is 0 Å². The zero-order valence-electron chi connectivity index (χ0n) is 18.7.